The summed E-state index contributed by atoms with van der Waals surface area (Å²) in [6.07, 6.45) is 0.780. The van der Waals surface area contributed by atoms with Crippen LogP contribution in [0.4, 0.5) is 0 Å². The summed E-state index contributed by atoms with van der Waals surface area (Å²) >= 11 is 0. The van der Waals surface area contributed by atoms with E-state index in [1.807, 2.05) is 31.2 Å². The minimum absolute atomic E-state index is 0.200. The molecule has 0 N–H and O–H groups in total. The first kappa shape index (κ1) is 10.5. The van der Waals surface area contributed by atoms with Crippen LogP contribution in [-0.2, 0) is 9.47 Å². The minimum atomic E-state index is -0.200. The summed E-state index contributed by atoms with van der Waals surface area (Å²) in [5.74, 6) is 0.886. The highest BCUT2D eigenvalue weighted by Crippen LogP contribution is 2.24. The van der Waals surface area contributed by atoms with Crippen molar-refractivity contribution >= 4 is 0 Å². The number of hydrogen-bond donors (Lipinski definition) is 0. The second-order valence-electron chi connectivity index (χ2n) is 3.43. The molecule has 3 heteroatoms. The first-order valence-electron chi connectivity index (χ1n) is 5.36. The van der Waals surface area contributed by atoms with Gasteiger partial charge >= 0.3 is 0 Å². The lowest BCUT2D eigenvalue weighted by Gasteiger charge is -2.23. The summed E-state index contributed by atoms with van der Waals surface area (Å²) in [7, 11) is 0. The summed E-state index contributed by atoms with van der Waals surface area (Å²) in [5, 5.41) is 0. The molecule has 1 heterocycles. The Morgan fingerprint density at radius 1 is 1.20 bits per heavy atom. The Morgan fingerprint density at radius 3 is 2.47 bits per heavy atom. The fraction of sp³-hybridized carbons (Fsp3) is 0.500. The fourth-order valence-corrected chi connectivity index (χ4v) is 1.57. The summed E-state index contributed by atoms with van der Waals surface area (Å²) in [6.45, 7) is 4.22. The summed E-state index contributed by atoms with van der Waals surface area (Å²) in [5.41, 5.74) is 1.05. The minimum Gasteiger partial charge on any atom is -0.494 e. The van der Waals surface area contributed by atoms with Crippen LogP contribution < -0.4 is 4.74 Å². The molecule has 0 amide bonds. The lowest BCUT2D eigenvalue weighted by Crippen LogP contribution is -2.17. The van der Waals surface area contributed by atoms with Crippen molar-refractivity contribution in [3.05, 3.63) is 29.8 Å². The van der Waals surface area contributed by atoms with Crippen LogP contribution >= 0.6 is 0 Å². The van der Waals surface area contributed by atoms with Gasteiger partial charge in [0.25, 0.3) is 0 Å². The van der Waals surface area contributed by atoms with Crippen molar-refractivity contribution < 1.29 is 14.2 Å². The Labute approximate surface area is 90.0 Å². The van der Waals surface area contributed by atoms with Crippen LogP contribution in [0.15, 0.2) is 24.3 Å². The Bertz CT molecular complexity index is 288. The SMILES string of the molecule is CCOc1ccc(C2OCCCO2)cc1. The Balaban J connectivity index is 2.02. The summed E-state index contributed by atoms with van der Waals surface area (Å²) in [4.78, 5) is 0. The van der Waals surface area contributed by atoms with E-state index >= 15 is 0 Å². The molecule has 0 atom stereocenters. The standard InChI is InChI=1S/C12H16O3/c1-2-13-11-6-4-10(5-7-11)12-14-8-3-9-15-12/h4-7,12H,2-3,8-9H2,1H3. The third-order valence-corrected chi connectivity index (χ3v) is 2.29. The van der Waals surface area contributed by atoms with E-state index in [-0.39, 0.29) is 6.29 Å². The van der Waals surface area contributed by atoms with E-state index in [0.717, 1.165) is 30.9 Å². The van der Waals surface area contributed by atoms with E-state index in [1.54, 1.807) is 0 Å². The molecule has 0 aromatic heterocycles. The van der Waals surface area contributed by atoms with Crippen LogP contribution in [0.2, 0.25) is 0 Å². The number of ether oxygens (including phenoxy) is 3. The van der Waals surface area contributed by atoms with Gasteiger partial charge in [-0.1, -0.05) is 12.1 Å². The van der Waals surface area contributed by atoms with Crippen molar-refractivity contribution in [1.82, 2.24) is 0 Å². The van der Waals surface area contributed by atoms with E-state index in [0.29, 0.717) is 6.61 Å². The predicted molar refractivity (Wildman–Crippen MR) is 56.9 cm³/mol. The maximum atomic E-state index is 5.50. The van der Waals surface area contributed by atoms with Gasteiger partial charge in [-0.3, -0.25) is 0 Å². The molecule has 0 saturated carbocycles. The number of benzene rings is 1. The molecular weight excluding hydrogens is 192 g/mol. The number of rotatable bonds is 3. The molecule has 1 aliphatic heterocycles. The van der Waals surface area contributed by atoms with E-state index in [1.165, 1.54) is 0 Å². The Morgan fingerprint density at radius 2 is 1.87 bits per heavy atom. The third kappa shape index (κ3) is 2.70. The van der Waals surface area contributed by atoms with Gasteiger partial charge in [0.15, 0.2) is 6.29 Å². The second-order valence-corrected chi connectivity index (χ2v) is 3.43. The highest BCUT2D eigenvalue weighted by atomic mass is 16.7. The lowest BCUT2D eigenvalue weighted by atomic mass is 10.2. The van der Waals surface area contributed by atoms with Crippen LogP contribution in [0, 0.1) is 0 Å². The normalized spacial score (nSPS) is 17.7. The summed E-state index contributed by atoms with van der Waals surface area (Å²) < 4.78 is 16.4. The molecule has 1 aromatic rings. The van der Waals surface area contributed by atoms with Crippen LogP contribution in [-0.4, -0.2) is 19.8 Å². The third-order valence-electron chi connectivity index (χ3n) is 2.29. The first-order chi connectivity index (χ1) is 7.40. The van der Waals surface area contributed by atoms with Gasteiger partial charge in [-0.2, -0.15) is 0 Å². The highest BCUT2D eigenvalue weighted by molar-refractivity contribution is 5.28. The molecule has 0 radical (unpaired) electrons. The zero-order valence-corrected chi connectivity index (χ0v) is 8.94. The van der Waals surface area contributed by atoms with Crippen molar-refractivity contribution in [2.75, 3.05) is 19.8 Å². The van der Waals surface area contributed by atoms with Crippen LogP contribution in [0.5, 0.6) is 5.75 Å². The van der Waals surface area contributed by atoms with Gasteiger partial charge in [0.2, 0.25) is 0 Å². The van der Waals surface area contributed by atoms with Crippen molar-refractivity contribution in [1.29, 1.82) is 0 Å². The number of hydrogen-bond acceptors (Lipinski definition) is 3. The van der Waals surface area contributed by atoms with Crippen LogP contribution in [0.3, 0.4) is 0 Å². The van der Waals surface area contributed by atoms with E-state index in [2.05, 4.69) is 0 Å². The van der Waals surface area contributed by atoms with E-state index in [9.17, 15) is 0 Å². The topological polar surface area (TPSA) is 27.7 Å². The van der Waals surface area contributed by atoms with Gasteiger partial charge in [-0.05, 0) is 25.5 Å². The molecule has 1 aromatic carbocycles. The van der Waals surface area contributed by atoms with Crippen LogP contribution in [0.25, 0.3) is 0 Å². The zero-order chi connectivity index (χ0) is 10.5. The van der Waals surface area contributed by atoms with Crippen molar-refractivity contribution in [2.24, 2.45) is 0 Å². The van der Waals surface area contributed by atoms with E-state index in [4.69, 9.17) is 14.2 Å². The fourth-order valence-electron chi connectivity index (χ4n) is 1.57. The van der Waals surface area contributed by atoms with Gasteiger partial charge < -0.3 is 14.2 Å². The maximum Gasteiger partial charge on any atom is 0.183 e. The summed E-state index contributed by atoms with van der Waals surface area (Å²) in [6, 6.07) is 7.86. The second kappa shape index (κ2) is 5.14. The zero-order valence-electron chi connectivity index (χ0n) is 8.94. The van der Waals surface area contributed by atoms with Crippen molar-refractivity contribution in [3.8, 4) is 5.75 Å². The molecule has 15 heavy (non-hydrogen) atoms. The Hall–Kier alpha value is -1.06. The maximum absolute atomic E-state index is 5.50. The van der Waals surface area contributed by atoms with Gasteiger partial charge in [-0.25, -0.2) is 0 Å². The van der Waals surface area contributed by atoms with Gasteiger partial charge in [0, 0.05) is 5.56 Å². The smallest absolute Gasteiger partial charge is 0.183 e. The molecule has 3 nitrogen and oxygen atoms in total. The van der Waals surface area contributed by atoms with Crippen molar-refractivity contribution in [2.45, 2.75) is 19.6 Å². The molecule has 0 aliphatic carbocycles. The molecule has 1 fully saturated rings. The van der Waals surface area contributed by atoms with E-state index < -0.39 is 0 Å². The Kier molecular flexibility index (Phi) is 3.59. The van der Waals surface area contributed by atoms with Gasteiger partial charge in [-0.15, -0.1) is 0 Å². The van der Waals surface area contributed by atoms with Gasteiger partial charge in [0.05, 0.1) is 19.8 Å². The molecular formula is C12H16O3. The quantitative estimate of drug-likeness (QED) is 0.764. The molecule has 0 unspecified atom stereocenters. The predicted octanol–water partition coefficient (Wildman–Crippen LogP) is 2.52. The average molecular weight is 208 g/mol. The van der Waals surface area contributed by atoms with Crippen LogP contribution in [0.1, 0.15) is 25.2 Å². The monoisotopic (exact) mass is 208 g/mol. The molecule has 0 bridgehead atoms. The molecule has 2 rings (SSSR count). The highest BCUT2D eigenvalue weighted by Gasteiger charge is 2.15. The molecule has 82 valence electrons. The first-order valence-corrected chi connectivity index (χ1v) is 5.36. The molecule has 1 saturated heterocycles. The molecule has 1 aliphatic rings. The molecule has 0 spiro atoms. The van der Waals surface area contributed by atoms with Crippen molar-refractivity contribution in [3.63, 3.8) is 0 Å². The van der Waals surface area contributed by atoms with Gasteiger partial charge in [0.1, 0.15) is 5.75 Å². The average Bonchev–Trinajstić information content (AvgIpc) is 2.32. The largest absolute Gasteiger partial charge is 0.494 e. The lowest BCUT2D eigenvalue weighted by molar-refractivity contribution is -0.183.